The summed E-state index contributed by atoms with van der Waals surface area (Å²) < 4.78 is 10.4. The van der Waals surface area contributed by atoms with E-state index >= 15 is 0 Å². The van der Waals surface area contributed by atoms with E-state index in [2.05, 4.69) is 5.32 Å². The van der Waals surface area contributed by atoms with Crippen LogP contribution in [0.25, 0.3) is 0 Å². The first-order valence-electron chi connectivity index (χ1n) is 6.62. The van der Waals surface area contributed by atoms with Crippen molar-refractivity contribution in [3.05, 3.63) is 23.8 Å². The van der Waals surface area contributed by atoms with Crippen LogP contribution in [-0.4, -0.2) is 31.3 Å². The molecule has 0 heterocycles. The zero-order valence-electron chi connectivity index (χ0n) is 12.7. The van der Waals surface area contributed by atoms with Gasteiger partial charge in [0.2, 0.25) is 0 Å². The SMILES string of the molecule is CCC(C)NC(C)(C(=O)O)c1ccc(OC)c(OC)c1. The van der Waals surface area contributed by atoms with Crippen molar-refractivity contribution in [3.8, 4) is 11.5 Å². The number of hydrogen-bond acceptors (Lipinski definition) is 4. The second-order valence-corrected chi connectivity index (χ2v) is 4.95. The predicted molar refractivity (Wildman–Crippen MR) is 77.4 cm³/mol. The first-order chi connectivity index (χ1) is 9.38. The van der Waals surface area contributed by atoms with Gasteiger partial charge in [0.25, 0.3) is 0 Å². The molecule has 1 aromatic carbocycles. The molecule has 5 nitrogen and oxygen atoms in total. The minimum Gasteiger partial charge on any atom is -0.493 e. The monoisotopic (exact) mass is 281 g/mol. The zero-order chi connectivity index (χ0) is 15.3. The molecule has 20 heavy (non-hydrogen) atoms. The third-order valence-electron chi connectivity index (χ3n) is 3.54. The topological polar surface area (TPSA) is 67.8 Å². The lowest BCUT2D eigenvalue weighted by molar-refractivity contribution is -0.145. The predicted octanol–water partition coefficient (Wildman–Crippen LogP) is 2.39. The summed E-state index contributed by atoms with van der Waals surface area (Å²) in [5.74, 6) is 0.168. The summed E-state index contributed by atoms with van der Waals surface area (Å²) >= 11 is 0. The number of rotatable bonds is 7. The normalized spacial score (nSPS) is 15.2. The smallest absolute Gasteiger partial charge is 0.328 e. The van der Waals surface area contributed by atoms with Crippen LogP contribution < -0.4 is 14.8 Å². The van der Waals surface area contributed by atoms with Crippen LogP contribution >= 0.6 is 0 Å². The number of hydrogen-bond donors (Lipinski definition) is 2. The highest BCUT2D eigenvalue weighted by Gasteiger charge is 2.36. The molecule has 0 saturated heterocycles. The highest BCUT2D eigenvalue weighted by atomic mass is 16.5. The minimum atomic E-state index is -1.17. The number of nitrogens with one attached hydrogen (secondary N) is 1. The Balaban J connectivity index is 3.25. The van der Waals surface area contributed by atoms with Gasteiger partial charge >= 0.3 is 5.97 Å². The van der Waals surface area contributed by atoms with Crippen LogP contribution in [0.15, 0.2) is 18.2 Å². The molecule has 0 bridgehead atoms. The molecule has 2 atom stereocenters. The van der Waals surface area contributed by atoms with Crippen molar-refractivity contribution >= 4 is 5.97 Å². The van der Waals surface area contributed by atoms with Crippen molar-refractivity contribution in [1.29, 1.82) is 0 Å². The van der Waals surface area contributed by atoms with Gasteiger partial charge < -0.3 is 14.6 Å². The first kappa shape index (κ1) is 16.3. The minimum absolute atomic E-state index is 0.0872. The quantitative estimate of drug-likeness (QED) is 0.803. The Morgan fingerprint density at radius 3 is 2.40 bits per heavy atom. The fourth-order valence-corrected chi connectivity index (χ4v) is 2.01. The molecule has 5 heteroatoms. The van der Waals surface area contributed by atoms with Gasteiger partial charge in [-0.3, -0.25) is 5.32 Å². The molecule has 0 aliphatic heterocycles. The standard InChI is InChI=1S/C15H23NO4/c1-6-10(2)16-15(3,14(17)18)11-7-8-12(19-4)13(9-11)20-5/h7-10,16H,6H2,1-5H3,(H,17,18). The molecule has 0 fully saturated rings. The average molecular weight is 281 g/mol. The maximum Gasteiger partial charge on any atom is 0.328 e. The van der Waals surface area contributed by atoms with E-state index in [4.69, 9.17) is 9.47 Å². The van der Waals surface area contributed by atoms with E-state index in [0.717, 1.165) is 6.42 Å². The molecule has 0 spiro atoms. The molecule has 1 rings (SSSR count). The van der Waals surface area contributed by atoms with Crippen LogP contribution in [0.2, 0.25) is 0 Å². The summed E-state index contributed by atoms with van der Waals surface area (Å²) in [5, 5.41) is 12.7. The van der Waals surface area contributed by atoms with Gasteiger partial charge in [-0.25, -0.2) is 4.79 Å². The molecule has 2 unspecified atom stereocenters. The molecular weight excluding hydrogens is 258 g/mol. The summed E-state index contributed by atoms with van der Waals surface area (Å²) in [6, 6.07) is 5.24. The van der Waals surface area contributed by atoms with Gasteiger partial charge in [-0.2, -0.15) is 0 Å². The lowest BCUT2D eigenvalue weighted by Crippen LogP contribution is -2.50. The highest BCUT2D eigenvalue weighted by Crippen LogP contribution is 2.32. The van der Waals surface area contributed by atoms with Crippen LogP contribution in [0.4, 0.5) is 0 Å². The lowest BCUT2D eigenvalue weighted by Gasteiger charge is -2.30. The number of ether oxygens (including phenoxy) is 2. The van der Waals surface area contributed by atoms with E-state index < -0.39 is 11.5 Å². The van der Waals surface area contributed by atoms with Crippen molar-refractivity contribution in [2.24, 2.45) is 0 Å². The van der Waals surface area contributed by atoms with Crippen molar-refractivity contribution < 1.29 is 19.4 Å². The average Bonchev–Trinajstić information content (AvgIpc) is 2.45. The van der Waals surface area contributed by atoms with Gasteiger partial charge in [-0.15, -0.1) is 0 Å². The van der Waals surface area contributed by atoms with Crippen LogP contribution in [-0.2, 0) is 10.3 Å². The number of carboxylic acid groups (broad SMARTS) is 1. The number of methoxy groups -OCH3 is 2. The summed E-state index contributed by atoms with van der Waals surface area (Å²) in [4.78, 5) is 11.7. The Morgan fingerprint density at radius 2 is 1.95 bits per heavy atom. The molecule has 112 valence electrons. The molecule has 0 aliphatic carbocycles. The van der Waals surface area contributed by atoms with Crippen molar-refractivity contribution in [2.45, 2.75) is 38.8 Å². The Hall–Kier alpha value is -1.75. The van der Waals surface area contributed by atoms with E-state index in [1.807, 2.05) is 13.8 Å². The van der Waals surface area contributed by atoms with Gasteiger partial charge in [0.05, 0.1) is 14.2 Å². The summed E-state index contributed by atoms with van der Waals surface area (Å²) in [6.45, 7) is 5.62. The number of benzene rings is 1. The fourth-order valence-electron chi connectivity index (χ4n) is 2.01. The second-order valence-electron chi connectivity index (χ2n) is 4.95. The third kappa shape index (κ3) is 3.22. The molecule has 2 N–H and O–H groups in total. The van der Waals surface area contributed by atoms with Crippen LogP contribution in [0.3, 0.4) is 0 Å². The van der Waals surface area contributed by atoms with Crippen molar-refractivity contribution in [3.63, 3.8) is 0 Å². The lowest BCUT2D eigenvalue weighted by atomic mass is 9.90. The Bertz CT molecular complexity index is 475. The fraction of sp³-hybridized carbons (Fsp3) is 0.533. The zero-order valence-corrected chi connectivity index (χ0v) is 12.7. The van der Waals surface area contributed by atoms with E-state index in [1.165, 1.54) is 7.11 Å². The maximum absolute atomic E-state index is 11.7. The number of aliphatic carboxylic acids is 1. The third-order valence-corrected chi connectivity index (χ3v) is 3.54. The molecular formula is C15H23NO4. The maximum atomic E-state index is 11.7. The van der Waals surface area contributed by atoms with Crippen molar-refractivity contribution in [1.82, 2.24) is 5.32 Å². The van der Waals surface area contributed by atoms with E-state index in [1.54, 1.807) is 32.2 Å². The summed E-state index contributed by atoms with van der Waals surface area (Å²) in [7, 11) is 3.08. The van der Waals surface area contributed by atoms with Gasteiger partial charge in [0, 0.05) is 6.04 Å². The van der Waals surface area contributed by atoms with E-state index in [-0.39, 0.29) is 6.04 Å². The first-order valence-corrected chi connectivity index (χ1v) is 6.62. The molecule has 0 aliphatic rings. The van der Waals surface area contributed by atoms with Gasteiger partial charge in [-0.05, 0) is 38.0 Å². The summed E-state index contributed by atoms with van der Waals surface area (Å²) in [6.07, 6.45) is 0.843. The van der Waals surface area contributed by atoms with Gasteiger partial charge in [0.1, 0.15) is 5.54 Å². The molecule has 1 aromatic rings. The Kier molecular flexibility index (Phi) is 5.39. The van der Waals surface area contributed by atoms with Gasteiger partial charge in [-0.1, -0.05) is 13.0 Å². The number of carbonyl (C=O) groups is 1. The van der Waals surface area contributed by atoms with Crippen LogP contribution in [0.1, 0.15) is 32.8 Å². The highest BCUT2D eigenvalue weighted by molar-refractivity contribution is 5.80. The Morgan fingerprint density at radius 1 is 1.35 bits per heavy atom. The second kappa shape index (κ2) is 6.61. The molecule has 0 aromatic heterocycles. The molecule has 0 amide bonds. The van der Waals surface area contributed by atoms with Gasteiger partial charge in [0.15, 0.2) is 11.5 Å². The van der Waals surface area contributed by atoms with Crippen LogP contribution in [0, 0.1) is 0 Å². The summed E-state index contributed by atoms with van der Waals surface area (Å²) in [5.41, 5.74) is -0.544. The van der Waals surface area contributed by atoms with E-state index in [0.29, 0.717) is 17.1 Å². The van der Waals surface area contributed by atoms with E-state index in [9.17, 15) is 9.90 Å². The van der Waals surface area contributed by atoms with Crippen LogP contribution in [0.5, 0.6) is 11.5 Å². The molecule has 0 saturated carbocycles. The Labute approximate surface area is 119 Å². The largest absolute Gasteiger partial charge is 0.493 e. The van der Waals surface area contributed by atoms with Crippen molar-refractivity contribution in [2.75, 3.05) is 14.2 Å². The number of carboxylic acids is 1. The molecule has 0 radical (unpaired) electrons.